The van der Waals surface area contributed by atoms with Crippen molar-refractivity contribution in [1.82, 2.24) is 5.32 Å². The summed E-state index contributed by atoms with van der Waals surface area (Å²) in [5, 5.41) is 6.46. The molecule has 2 aromatic rings. The Labute approximate surface area is 149 Å². The van der Waals surface area contributed by atoms with Gasteiger partial charge in [0.15, 0.2) is 0 Å². The van der Waals surface area contributed by atoms with E-state index in [1.807, 2.05) is 44.2 Å². The second-order valence-corrected chi connectivity index (χ2v) is 6.48. The summed E-state index contributed by atoms with van der Waals surface area (Å²) in [5.41, 5.74) is 3.52. The molecule has 0 saturated carbocycles. The Kier molecular flexibility index (Phi) is 5.59. The van der Waals surface area contributed by atoms with Crippen molar-refractivity contribution in [3.05, 3.63) is 59.7 Å². The molecule has 1 aliphatic rings. The van der Waals surface area contributed by atoms with Gasteiger partial charge in [-0.3, -0.25) is 4.79 Å². The van der Waals surface area contributed by atoms with Crippen molar-refractivity contribution in [2.45, 2.75) is 45.2 Å². The summed E-state index contributed by atoms with van der Waals surface area (Å²) >= 11 is 0. The zero-order valence-electron chi connectivity index (χ0n) is 14.9. The van der Waals surface area contributed by atoms with Crippen LogP contribution in [0.15, 0.2) is 48.5 Å². The van der Waals surface area contributed by atoms with Gasteiger partial charge in [-0.05, 0) is 68.5 Å². The van der Waals surface area contributed by atoms with Crippen LogP contribution in [-0.4, -0.2) is 18.6 Å². The van der Waals surface area contributed by atoms with Gasteiger partial charge >= 0.3 is 0 Å². The predicted octanol–water partition coefficient (Wildman–Crippen LogP) is 4.08. The Bertz CT molecular complexity index is 712. The second-order valence-electron chi connectivity index (χ2n) is 6.48. The number of amides is 1. The van der Waals surface area contributed by atoms with Gasteiger partial charge in [0, 0.05) is 5.69 Å². The molecule has 1 amide bonds. The molecule has 2 atom stereocenters. The van der Waals surface area contributed by atoms with E-state index < -0.39 is 0 Å². The number of benzene rings is 2. The maximum absolute atomic E-state index is 12.6. The topological polar surface area (TPSA) is 50.4 Å². The van der Waals surface area contributed by atoms with E-state index in [0.717, 1.165) is 30.7 Å². The molecule has 3 rings (SSSR count). The van der Waals surface area contributed by atoms with Crippen molar-refractivity contribution in [3.63, 3.8) is 0 Å². The number of nitrogens with one attached hydrogen (secondary N) is 2. The summed E-state index contributed by atoms with van der Waals surface area (Å²) < 4.78 is 5.44. The number of rotatable bonds is 6. The quantitative estimate of drug-likeness (QED) is 0.834. The Morgan fingerprint density at radius 3 is 2.72 bits per heavy atom. The van der Waals surface area contributed by atoms with Gasteiger partial charge in [-0.25, -0.2) is 0 Å². The van der Waals surface area contributed by atoms with Crippen LogP contribution in [0.1, 0.15) is 43.9 Å². The van der Waals surface area contributed by atoms with E-state index in [2.05, 4.69) is 28.8 Å². The minimum Gasteiger partial charge on any atom is -0.494 e. The first-order chi connectivity index (χ1) is 12.2. The molecule has 0 bridgehead atoms. The lowest BCUT2D eigenvalue weighted by atomic mass is 9.87. The van der Waals surface area contributed by atoms with Gasteiger partial charge in [0.05, 0.1) is 12.6 Å². The lowest BCUT2D eigenvalue weighted by Gasteiger charge is -2.27. The van der Waals surface area contributed by atoms with E-state index in [9.17, 15) is 4.79 Å². The van der Waals surface area contributed by atoms with Crippen molar-refractivity contribution in [2.24, 2.45) is 0 Å². The molecule has 0 radical (unpaired) electrons. The lowest BCUT2D eigenvalue weighted by molar-refractivity contribution is -0.122. The fraction of sp³-hybridized carbons (Fsp3) is 0.381. The minimum atomic E-state index is -0.299. The van der Waals surface area contributed by atoms with Gasteiger partial charge in [-0.2, -0.15) is 0 Å². The van der Waals surface area contributed by atoms with E-state index in [1.54, 1.807) is 0 Å². The highest BCUT2D eigenvalue weighted by Crippen LogP contribution is 2.29. The number of hydrogen-bond donors (Lipinski definition) is 2. The molecule has 0 unspecified atom stereocenters. The third-order valence-corrected chi connectivity index (χ3v) is 4.63. The average Bonchev–Trinajstić information content (AvgIpc) is 2.64. The number of fused-ring (bicyclic) bond motifs is 1. The van der Waals surface area contributed by atoms with Crippen molar-refractivity contribution >= 4 is 11.6 Å². The summed E-state index contributed by atoms with van der Waals surface area (Å²) in [5.74, 6) is 0.861. The number of anilines is 1. The zero-order valence-corrected chi connectivity index (χ0v) is 14.9. The largest absolute Gasteiger partial charge is 0.494 e. The van der Waals surface area contributed by atoms with Crippen molar-refractivity contribution in [2.75, 3.05) is 11.9 Å². The molecule has 25 heavy (non-hydrogen) atoms. The van der Waals surface area contributed by atoms with Crippen LogP contribution in [0.25, 0.3) is 0 Å². The number of aryl methyl sites for hydroxylation is 1. The van der Waals surface area contributed by atoms with Gasteiger partial charge in [-0.1, -0.05) is 24.3 Å². The smallest absolute Gasteiger partial charge is 0.242 e. The predicted molar refractivity (Wildman–Crippen MR) is 101 cm³/mol. The van der Waals surface area contributed by atoms with Crippen LogP contribution in [0.4, 0.5) is 5.69 Å². The van der Waals surface area contributed by atoms with Gasteiger partial charge in [0.2, 0.25) is 5.91 Å². The fourth-order valence-electron chi connectivity index (χ4n) is 3.33. The van der Waals surface area contributed by atoms with Gasteiger partial charge in [0.25, 0.3) is 0 Å². The third kappa shape index (κ3) is 4.32. The van der Waals surface area contributed by atoms with E-state index in [0.29, 0.717) is 6.61 Å². The molecule has 0 spiro atoms. The summed E-state index contributed by atoms with van der Waals surface area (Å²) in [6.07, 6.45) is 3.21. The summed E-state index contributed by atoms with van der Waals surface area (Å²) in [6.45, 7) is 4.50. The molecule has 4 heteroatoms. The highest BCUT2D eigenvalue weighted by molar-refractivity contribution is 5.84. The number of carbonyl (C=O) groups is 1. The summed E-state index contributed by atoms with van der Waals surface area (Å²) in [6, 6.07) is 15.9. The number of hydrogen-bond acceptors (Lipinski definition) is 3. The molecule has 2 N–H and O–H groups in total. The fourth-order valence-corrected chi connectivity index (χ4v) is 3.33. The van der Waals surface area contributed by atoms with Crippen LogP contribution in [0.5, 0.6) is 5.75 Å². The SMILES string of the molecule is CCOc1ccc(N[C@@H](C)C(=O)N[C@H]2CCCc3ccccc32)cc1. The molecule has 0 heterocycles. The first-order valence-electron chi connectivity index (χ1n) is 9.05. The van der Waals surface area contributed by atoms with Gasteiger partial charge < -0.3 is 15.4 Å². The van der Waals surface area contributed by atoms with Crippen molar-refractivity contribution in [3.8, 4) is 5.75 Å². The second kappa shape index (κ2) is 8.06. The van der Waals surface area contributed by atoms with E-state index >= 15 is 0 Å². The molecule has 0 aromatic heterocycles. The highest BCUT2D eigenvalue weighted by atomic mass is 16.5. The summed E-state index contributed by atoms with van der Waals surface area (Å²) in [4.78, 5) is 12.6. The Morgan fingerprint density at radius 2 is 1.96 bits per heavy atom. The first kappa shape index (κ1) is 17.3. The Morgan fingerprint density at radius 1 is 1.20 bits per heavy atom. The molecular weight excluding hydrogens is 312 g/mol. The van der Waals surface area contributed by atoms with E-state index in [-0.39, 0.29) is 18.0 Å². The average molecular weight is 338 g/mol. The molecule has 4 nitrogen and oxygen atoms in total. The molecule has 0 fully saturated rings. The summed E-state index contributed by atoms with van der Waals surface area (Å²) in [7, 11) is 0. The third-order valence-electron chi connectivity index (χ3n) is 4.63. The molecular formula is C21H26N2O2. The van der Waals surface area contributed by atoms with Crippen LogP contribution < -0.4 is 15.4 Å². The van der Waals surface area contributed by atoms with Crippen molar-refractivity contribution in [1.29, 1.82) is 0 Å². The van der Waals surface area contributed by atoms with Crippen LogP contribution in [-0.2, 0) is 11.2 Å². The van der Waals surface area contributed by atoms with Crippen LogP contribution in [0, 0.1) is 0 Å². The van der Waals surface area contributed by atoms with Crippen molar-refractivity contribution < 1.29 is 9.53 Å². The molecule has 0 saturated heterocycles. The first-order valence-corrected chi connectivity index (χ1v) is 9.05. The molecule has 132 valence electrons. The maximum Gasteiger partial charge on any atom is 0.242 e. The van der Waals surface area contributed by atoms with E-state index in [1.165, 1.54) is 11.1 Å². The molecule has 0 aliphatic heterocycles. The normalized spacial score (nSPS) is 17.3. The van der Waals surface area contributed by atoms with E-state index in [4.69, 9.17) is 4.74 Å². The molecule has 1 aliphatic carbocycles. The van der Waals surface area contributed by atoms with Crippen LogP contribution >= 0.6 is 0 Å². The van der Waals surface area contributed by atoms with Crippen LogP contribution in [0.2, 0.25) is 0 Å². The molecule has 2 aromatic carbocycles. The Balaban J connectivity index is 1.60. The maximum atomic E-state index is 12.6. The van der Waals surface area contributed by atoms with Gasteiger partial charge in [0.1, 0.15) is 11.8 Å². The monoisotopic (exact) mass is 338 g/mol. The number of ether oxygens (including phenoxy) is 1. The van der Waals surface area contributed by atoms with Gasteiger partial charge in [-0.15, -0.1) is 0 Å². The number of carbonyl (C=O) groups excluding carboxylic acids is 1. The lowest BCUT2D eigenvalue weighted by Crippen LogP contribution is -2.40. The zero-order chi connectivity index (χ0) is 17.6. The highest BCUT2D eigenvalue weighted by Gasteiger charge is 2.23. The Hall–Kier alpha value is -2.49. The van der Waals surface area contributed by atoms with Crippen LogP contribution in [0.3, 0.4) is 0 Å². The standard InChI is InChI=1S/C21H26N2O2/c1-3-25-18-13-11-17(12-14-18)22-15(2)21(24)23-20-10-6-8-16-7-4-5-9-19(16)20/h4-5,7,9,11-15,20,22H,3,6,8,10H2,1-2H3,(H,23,24)/t15-,20-/m0/s1. The minimum absolute atomic E-state index is 0.0237.